The number of nitriles is 1. The van der Waals surface area contributed by atoms with Crippen molar-refractivity contribution in [2.24, 2.45) is 0 Å². The van der Waals surface area contributed by atoms with Crippen molar-refractivity contribution in [1.29, 1.82) is 5.26 Å². The van der Waals surface area contributed by atoms with E-state index in [4.69, 9.17) is 9.47 Å². The van der Waals surface area contributed by atoms with Crippen LogP contribution in [0, 0.1) is 11.3 Å². The largest absolute Gasteiger partial charge is 0.462 e. The lowest BCUT2D eigenvalue weighted by atomic mass is 10.1. The molecule has 0 radical (unpaired) electrons. The van der Waals surface area contributed by atoms with E-state index in [-0.39, 0.29) is 23.2 Å². The number of esters is 1. The zero-order chi connectivity index (χ0) is 19.3. The van der Waals surface area contributed by atoms with Crippen molar-refractivity contribution in [2.45, 2.75) is 52.2 Å². The topological polar surface area (TPSA) is 105 Å². The number of carbonyl (C=O) groups is 2. The smallest absolute Gasteiger partial charge is 0.407 e. The molecule has 2 heterocycles. The summed E-state index contributed by atoms with van der Waals surface area (Å²) in [6.07, 6.45) is 1.05. The highest BCUT2D eigenvalue weighted by molar-refractivity contribution is 7.17. The maximum Gasteiger partial charge on any atom is 0.407 e. The van der Waals surface area contributed by atoms with Crippen molar-refractivity contribution in [3.05, 3.63) is 10.6 Å². The minimum atomic E-state index is -0.525. The van der Waals surface area contributed by atoms with Gasteiger partial charge in [0.2, 0.25) is 0 Å². The molecule has 1 amide bonds. The highest BCUT2D eigenvalue weighted by Gasteiger charge is 2.27. The van der Waals surface area contributed by atoms with E-state index in [1.165, 1.54) is 11.3 Å². The maximum atomic E-state index is 11.9. The number of thiazole rings is 1. The molecule has 0 spiro atoms. The number of amides is 1. The Morgan fingerprint density at radius 2 is 2.04 bits per heavy atom. The molecule has 1 aromatic rings. The van der Waals surface area contributed by atoms with Gasteiger partial charge in [-0.15, -0.1) is 0 Å². The first kappa shape index (κ1) is 20.0. The standard InChI is InChI=1S/C17H24N4O4S/c1-5-24-14(22)13-12(10-18)20-15(26-13)21-8-6-11(7-9-21)19-16(23)25-17(2,3)4/h11H,5-9H2,1-4H3,(H,19,23). The predicted molar refractivity (Wildman–Crippen MR) is 97.4 cm³/mol. The fourth-order valence-corrected chi connectivity index (χ4v) is 3.51. The van der Waals surface area contributed by atoms with E-state index in [0.717, 1.165) is 12.8 Å². The van der Waals surface area contributed by atoms with Gasteiger partial charge in [0.1, 0.15) is 11.7 Å². The van der Waals surface area contributed by atoms with Gasteiger partial charge in [0.15, 0.2) is 15.7 Å². The van der Waals surface area contributed by atoms with Gasteiger partial charge in [-0.3, -0.25) is 0 Å². The quantitative estimate of drug-likeness (QED) is 0.801. The Balaban J connectivity index is 1.95. The van der Waals surface area contributed by atoms with E-state index in [1.54, 1.807) is 6.92 Å². The second kappa shape index (κ2) is 8.36. The molecule has 1 fully saturated rings. The summed E-state index contributed by atoms with van der Waals surface area (Å²) in [5, 5.41) is 12.7. The molecule has 2 rings (SSSR count). The van der Waals surface area contributed by atoms with Crippen molar-refractivity contribution in [3.63, 3.8) is 0 Å². The van der Waals surface area contributed by atoms with Crippen LogP contribution >= 0.6 is 11.3 Å². The van der Waals surface area contributed by atoms with E-state index in [9.17, 15) is 14.9 Å². The Kier molecular flexibility index (Phi) is 6.42. The number of hydrogen-bond donors (Lipinski definition) is 1. The summed E-state index contributed by atoms with van der Waals surface area (Å²) >= 11 is 1.17. The molecule has 0 bridgehead atoms. The summed E-state index contributed by atoms with van der Waals surface area (Å²) in [6.45, 7) is 8.78. The second-order valence-corrected chi connectivity index (χ2v) is 7.89. The summed E-state index contributed by atoms with van der Waals surface area (Å²) in [6, 6.07) is 1.98. The zero-order valence-electron chi connectivity index (χ0n) is 15.5. The van der Waals surface area contributed by atoms with Gasteiger partial charge < -0.3 is 19.7 Å². The predicted octanol–water partition coefficient (Wildman–Crippen LogP) is 2.68. The molecule has 1 saturated heterocycles. The van der Waals surface area contributed by atoms with Crippen LogP contribution in [0.25, 0.3) is 0 Å². The highest BCUT2D eigenvalue weighted by Crippen LogP contribution is 2.29. The number of rotatable bonds is 4. The summed E-state index contributed by atoms with van der Waals surface area (Å²) in [5.74, 6) is -0.519. The summed E-state index contributed by atoms with van der Waals surface area (Å²) in [5.41, 5.74) is -0.430. The van der Waals surface area contributed by atoms with Crippen molar-refractivity contribution in [3.8, 4) is 6.07 Å². The number of aromatic nitrogens is 1. The first-order valence-corrected chi connectivity index (χ1v) is 9.37. The lowest BCUT2D eigenvalue weighted by Gasteiger charge is -2.32. The molecular weight excluding hydrogens is 356 g/mol. The van der Waals surface area contributed by atoms with Gasteiger partial charge in [0, 0.05) is 19.1 Å². The van der Waals surface area contributed by atoms with Crippen molar-refractivity contribution in [1.82, 2.24) is 10.3 Å². The van der Waals surface area contributed by atoms with Crippen LogP contribution in [-0.2, 0) is 9.47 Å². The van der Waals surface area contributed by atoms with Crippen LogP contribution in [0.15, 0.2) is 0 Å². The van der Waals surface area contributed by atoms with E-state index in [2.05, 4.69) is 10.3 Å². The Morgan fingerprint density at radius 1 is 1.38 bits per heavy atom. The van der Waals surface area contributed by atoms with E-state index >= 15 is 0 Å². The Bertz CT molecular complexity index is 697. The fourth-order valence-electron chi connectivity index (χ4n) is 2.54. The summed E-state index contributed by atoms with van der Waals surface area (Å²) in [7, 11) is 0. The molecule has 1 N–H and O–H groups in total. The Morgan fingerprint density at radius 3 is 2.58 bits per heavy atom. The molecule has 26 heavy (non-hydrogen) atoms. The van der Waals surface area contributed by atoms with Crippen LogP contribution in [0.1, 0.15) is 55.9 Å². The minimum Gasteiger partial charge on any atom is -0.462 e. The second-order valence-electron chi connectivity index (χ2n) is 6.91. The van der Waals surface area contributed by atoms with Gasteiger partial charge >= 0.3 is 12.1 Å². The SMILES string of the molecule is CCOC(=O)c1sc(N2CCC(NC(=O)OC(C)(C)C)CC2)nc1C#N. The van der Waals surface area contributed by atoms with Crippen molar-refractivity contribution >= 4 is 28.5 Å². The Labute approximate surface area is 157 Å². The average molecular weight is 380 g/mol. The number of anilines is 1. The molecule has 1 aromatic heterocycles. The number of nitrogens with one attached hydrogen (secondary N) is 1. The maximum absolute atomic E-state index is 11.9. The normalized spacial score (nSPS) is 15.3. The van der Waals surface area contributed by atoms with Gasteiger partial charge in [0.05, 0.1) is 6.61 Å². The third-order valence-electron chi connectivity index (χ3n) is 3.67. The Hall–Kier alpha value is -2.34. The lowest BCUT2D eigenvalue weighted by molar-refractivity contribution is 0.0494. The molecule has 1 aliphatic rings. The van der Waals surface area contributed by atoms with Gasteiger partial charge in [-0.2, -0.15) is 5.26 Å². The van der Waals surface area contributed by atoms with Crippen LogP contribution in [0.5, 0.6) is 0 Å². The van der Waals surface area contributed by atoms with E-state index in [0.29, 0.717) is 18.2 Å². The zero-order valence-corrected chi connectivity index (χ0v) is 16.3. The van der Waals surface area contributed by atoms with Crippen LogP contribution in [0.4, 0.5) is 9.93 Å². The number of piperidine rings is 1. The molecule has 0 atom stereocenters. The molecule has 1 aliphatic heterocycles. The van der Waals surface area contributed by atoms with Crippen LogP contribution in [0.2, 0.25) is 0 Å². The van der Waals surface area contributed by atoms with Gasteiger partial charge in [-0.1, -0.05) is 11.3 Å². The minimum absolute atomic E-state index is 0.0287. The number of carbonyl (C=O) groups excluding carboxylic acids is 2. The number of hydrogen-bond acceptors (Lipinski definition) is 8. The van der Waals surface area contributed by atoms with Crippen LogP contribution < -0.4 is 10.2 Å². The van der Waals surface area contributed by atoms with E-state index < -0.39 is 17.7 Å². The highest BCUT2D eigenvalue weighted by atomic mass is 32.1. The molecule has 9 heteroatoms. The van der Waals surface area contributed by atoms with Crippen LogP contribution in [-0.4, -0.2) is 48.4 Å². The van der Waals surface area contributed by atoms with Gasteiger partial charge in [-0.25, -0.2) is 14.6 Å². The molecule has 0 aromatic carbocycles. The third kappa shape index (κ3) is 5.33. The average Bonchev–Trinajstić information content (AvgIpc) is 2.98. The first-order chi connectivity index (χ1) is 12.2. The number of nitrogens with zero attached hydrogens (tertiary/aromatic N) is 3. The molecule has 142 valence electrons. The molecule has 0 unspecified atom stereocenters. The monoisotopic (exact) mass is 380 g/mol. The lowest BCUT2D eigenvalue weighted by Crippen LogP contribution is -2.46. The van der Waals surface area contributed by atoms with Gasteiger partial charge in [0.25, 0.3) is 0 Å². The van der Waals surface area contributed by atoms with Crippen molar-refractivity contribution in [2.75, 3.05) is 24.6 Å². The number of alkyl carbamates (subject to hydrolysis) is 1. The summed E-state index contributed by atoms with van der Waals surface area (Å²) in [4.78, 5) is 30.3. The third-order valence-corrected chi connectivity index (χ3v) is 4.77. The first-order valence-electron chi connectivity index (χ1n) is 8.56. The van der Waals surface area contributed by atoms with Crippen molar-refractivity contribution < 1.29 is 19.1 Å². The molecular formula is C17H24N4O4S. The van der Waals surface area contributed by atoms with Crippen LogP contribution in [0.3, 0.4) is 0 Å². The van der Waals surface area contributed by atoms with Gasteiger partial charge in [-0.05, 0) is 40.5 Å². The summed E-state index contributed by atoms with van der Waals surface area (Å²) < 4.78 is 10.2. The fraction of sp³-hybridized carbons (Fsp3) is 0.647. The molecule has 0 aliphatic carbocycles. The molecule has 8 nitrogen and oxygen atoms in total. The molecule has 0 saturated carbocycles. The number of ether oxygens (including phenoxy) is 2. The van der Waals surface area contributed by atoms with E-state index in [1.807, 2.05) is 31.7 Å².